The topological polar surface area (TPSA) is 72.0 Å². The van der Waals surface area contributed by atoms with Crippen LogP contribution in [0.5, 0.6) is 0 Å². The van der Waals surface area contributed by atoms with Crippen molar-refractivity contribution in [2.75, 3.05) is 12.3 Å². The summed E-state index contributed by atoms with van der Waals surface area (Å²) in [6.07, 6.45) is 2.18. The van der Waals surface area contributed by atoms with E-state index in [0.29, 0.717) is 11.1 Å². The monoisotopic (exact) mass is 277 g/mol. The van der Waals surface area contributed by atoms with Gasteiger partial charge < -0.3 is 10.8 Å². The van der Waals surface area contributed by atoms with Crippen LogP contribution in [0.25, 0.3) is 0 Å². The van der Waals surface area contributed by atoms with Gasteiger partial charge in [0.2, 0.25) is 0 Å². The minimum Gasteiger partial charge on any atom is -0.396 e. The molecule has 1 aromatic rings. The van der Waals surface area contributed by atoms with Gasteiger partial charge in [0.25, 0.3) is 0 Å². The molecule has 0 fully saturated rings. The summed E-state index contributed by atoms with van der Waals surface area (Å²) in [7, 11) is 0. The number of thioether (sulfide) groups is 1. The minimum absolute atomic E-state index is 0.187. The predicted molar refractivity (Wildman–Crippen MR) is 61.2 cm³/mol. The first kappa shape index (κ1) is 11.7. The van der Waals surface area contributed by atoms with Crippen molar-refractivity contribution in [1.82, 2.24) is 9.97 Å². The number of nitrogen functional groups attached to an aromatic ring is 1. The van der Waals surface area contributed by atoms with Gasteiger partial charge in [-0.25, -0.2) is 9.97 Å². The van der Waals surface area contributed by atoms with E-state index in [1.165, 1.54) is 6.33 Å². The number of aliphatic hydroxyl groups excluding tert-OH is 1. The molecule has 0 aliphatic carbocycles. The number of hydrogen-bond acceptors (Lipinski definition) is 5. The molecule has 1 heterocycles. The lowest BCUT2D eigenvalue weighted by Crippen LogP contribution is -2.02. The smallest absolute Gasteiger partial charge is 0.142 e. The molecule has 1 aromatic heterocycles. The van der Waals surface area contributed by atoms with Crippen molar-refractivity contribution in [3.63, 3.8) is 0 Å². The van der Waals surface area contributed by atoms with Crippen molar-refractivity contribution in [1.29, 1.82) is 0 Å². The fourth-order valence-electron chi connectivity index (χ4n) is 0.880. The van der Waals surface area contributed by atoms with Crippen LogP contribution in [0.4, 0.5) is 5.82 Å². The lowest BCUT2D eigenvalue weighted by molar-refractivity contribution is 0.289. The van der Waals surface area contributed by atoms with E-state index < -0.39 is 0 Å². The lowest BCUT2D eigenvalue weighted by Gasteiger charge is -2.09. The average Bonchev–Trinajstić information content (AvgIpc) is 2.13. The molecule has 0 aliphatic rings. The van der Waals surface area contributed by atoms with Crippen LogP contribution in [0.2, 0.25) is 0 Å². The van der Waals surface area contributed by atoms with E-state index in [2.05, 4.69) is 25.9 Å². The maximum Gasteiger partial charge on any atom is 0.142 e. The zero-order valence-corrected chi connectivity index (χ0v) is 10.2. The predicted octanol–water partition coefficient (Wildman–Crippen LogP) is 1.68. The summed E-state index contributed by atoms with van der Waals surface area (Å²) >= 11 is 4.90. The van der Waals surface area contributed by atoms with E-state index in [1.807, 2.05) is 6.92 Å². The Hall–Kier alpha value is -0.330. The van der Waals surface area contributed by atoms with Crippen molar-refractivity contribution in [3.8, 4) is 0 Å². The average molecular weight is 278 g/mol. The van der Waals surface area contributed by atoms with Crippen LogP contribution in [0.15, 0.2) is 15.8 Å². The largest absolute Gasteiger partial charge is 0.396 e. The molecule has 0 bridgehead atoms. The quantitative estimate of drug-likeness (QED) is 0.647. The van der Waals surface area contributed by atoms with Crippen molar-refractivity contribution < 1.29 is 5.11 Å². The van der Waals surface area contributed by atoms with Gasteiger partial charge in [-0.3, -0.25) is 0 Å². The first-order chi connectivity index (χ1) is 6.65. The number of nitrogens with two attached hydrogens (primary N) is 1. The molecule has 1 unspecified atom stereocenters. The summed E-state index contributed by atoms with van der Waals surface area (Å²) in [4.78, 5) is 7.95. The van der Waals surface area contributed by atoms with Crippen molar-refractivity contribution >= 4 is 33.5 Å². The molecule has 1 atom stereocenters. The molecule has 6 heteroatoms. The Morgan fingerprint density at radius 1 is 1.64 bits per heavy atom. The number of anilines is 1. The Balaban J connectivity index is 2.71. The van der Waals surface area contributed by atoms with Crippen molar-refractivity contribution in [2.24, 2.45) is 0 Å². The number of nitrogens with zero attached hydrogens (tertiary/aromatic N) is 2. The number of halogens is 1. The van der Waals surface area contributed by atoms with E-state index in [-0.39, 0.29) is 6.61 Å². The second kappa shape index (κ2) is 5.53. The summed E-state index contributed by atoms with van der Waals surface area (Å²) < 4.78 is 0.731. The number of hydrogen-bond donors (Lipinski definition) is 2. The highest BCUT2D eigenvalue weighted by Crippen LogP contribution is 2.31. The van der Waals surface area contributed by atoms with Gasteiger partial charge in [0.05, 0.1) is 4.47 Å². The van der Waals surface area contributed by atoms with Crippen molar-refractivity contribution in [3.05, 3.63) is 10.8 Å². The summed E-state index contributed by atoms with van der Waals surface area (Å²) in [5.41, 5.74) is 5.61. The lowest BCUT2D eigenvalue weighted by atomic mass is 10.3. The van der Waals surface area contributed by atoms with E-state index in [4.69, 9.17) is 10.8 Å². The van der Waals surface area contributed by atoms with Gasteiger partial charge in [0, 0.05) is 11.9 Å². The Labute approximate surface area is 95.5 Å². The molecule has 0 spiro atoms. The van der Waals surface area contributed by atoms with E-state index in [9.17, 15) is 0 Å². The zero-order chi connectivity index (χ0) is 10.6. The number of aliphatic hydroxyl groups is 1. The molecule has 3 N–H and O–H groups in total. The molecule has 0 amide bonds. The summed E-state index contributed by atoms with van der Waals surface area (Å²) in [6, 6.07) is 0. The van der Waals surface area contributed by atoms with Gasteiger partial charge in [-0.2, -0.15) is 0 Å². The van der Waals surface area contributed by atoms with Crippen LogP contribution in [-0.2, 0) is 0 Å². The third-order valence-electron chi connectivity index (χ3n) is 1.63. The molecule has 0 saturated heterocycles. The van der Waals surface area contributed by atoms with Gasteiger partial charge in [-0.05, 0) is 22.4 Å². The van der Waals surface area contributed by atoms with Crippen LogP contribution >= 0.6 is 27.7 Å². The molecular formula is C8H12BrN3OS. The molecule has 0 aromatic carbocycles. The van der Waals surface area contributed by atoms with Gasteiger partial charge >= 0.3 is 0 Å². The van der Waals surface area contributed by atoms with Crippen LogP contribution in [0.1, 0.15) is 13.3 Å². The molecule has 0 aliphatic heterocycles. The first-order valence-corrected chi connectivity index (χ1v) is 5.86. The molecule has 4 nitrogen and oxygen atoms in total. The van der Waals surface area contributed by atoms with E-state index in [0.717, 1.165) is 15.9 Å². The first-order valence-electron chi connectivity index (χ1n) is 4.18. The maximum absolute atomic E-state index is 8.76. The van der Waals surface area contributed by atoms with Crippen molar-refractivity contribution in [2.45, 2.75) is 23.6 Å². The molecule has 1 rings (SSSR count). The van der Waals surface area contributed by atoms with E-state index >= 15 is 0 Å². The van der Waals surface area contributed by atoms with Crippen LogP contribution < -0.4 is 5.73 Å². The molecule has 0 radical (unpaired) electrons. The van der Waals surface area contributed by atoms with Gasteiger partial charge in [-0.1, -0.05) is 6.92 Å². The van der Waals surface area contributed by atoms with Gasteiger partial charge in [-0.15, -0.1) is 11.8 Å². The third kappa shape index (κ3) is 3.11. The van der Waals surface area contributed by atoms with Gasteiger partial charge in [0.1, 0.15) is 17.2 Å². The normalized spacial score (nSPS) is 12.8. The molecule has 14 heavy (non-hydrogen) atoms. The zero-order valence-electron chi connectivity index (χ0n) is 7.77. The standard InChI is InChI=1S/C8H12BrN3OS/c1-5(2-3-13)14-8-6(9)7(10)11-4-12-8/h4-5,13H,2-3H2,1H3,(H2,10,11,12). The fourth-order valence-corrected chi connectivity index (χ4v) is 2.29. The molecular weight excluding hydrogens is 266 g/mol. The maximum atomic E-state index is 8.76. The fraction of sp³-hybridized carbons (Fsp3) is 0.500. The second-order valence-electron chi connectivity index (χ2n) is 2.82. The third-order valence-corrected chi connectivity index (χ3v) is 3.85. The number of aromatic nitrogens is 2. The Morgan fingerprint density at radius 3 is 3.00 bits per heavy atom. The van der Waals surface area contributed by atoms with Crippen LogP contribution in [-0.4, -0.2) is 26.9 Å². The highest BCUT2D eigenvalue weighted by Gasteiger charge is 2.10. The molecule has 78 valence electrons. The Morgan fingerprint density at radius 2 is 2.36 bits per heavy atom. The summed E-state index contributed by atoms with van der Waals surface area (Å²) in [5, 5.41) is 9.88. The van der Waals surface area contributed by atoms with Crippen LogP contribution in [0, 0.1) is 0 Å². The Kier molecular flexibility index (Phi) is 4.64. The second-order valence-corrected chi connectivity index (χ2v) is 5.04. The summed E-state index contributed by atoms with van der Waals surface area (Å²) in [6.45, 7) is 2.22. The van der Waals surface area contributed by atoms with Crippen LogP contribution in [0.3, 0.4) is 0 Å². The summed E-state index contributed by atoms with van der Waals surface area (Å²) in [5.74, 6) is 0.443. The highest BCUT2D eigenvalue weighted by atomic mass is 79.9. The minimum atomic E-state index is 0.187. The van der Waals surface area contributed by atoms with Gasteiger partial charge in [0.15, 0.2) is 0 Å². The van der Waals surface area contributed by atoms with E-state index in [1.54, 1.807) is 11.8 Å². The Bertz CT molecular complexity index is 311. The molecule has 0 saturated carbocycles. The number of rotatable bonds is 4. The highest BCUT2D eigenvalue weighted by molar-refractivity contribution is 9.10. The SMILES string of the molecule is CC(CCO)Sc1ncnc(N)c1Br.